The minimum absolute atomic E-state index is 0.0509. The van der Waals surface area contributed by atoms with Gasteiger partial charge >= 0.3 is 5.51 Å². The predicted octanol–water partition coefficient (Wildman–Crippen LogP) is 1.89. The molecule has 0 unspecified atom stereocenters. The first-order valence-electron chi connectivity index (χ1n) is 5.68. The van der Waals surface area contributed by atoms with Crippen LogP contribution in [0.4, 0.5) is 13.2 Å². The van der Waals surface area contributed by atoms with Crippen LogP contribution in [0.2, 0.25) is 0 Å². The number of carbonyl (C=O) groups excluding carboxylic acids is 1. The van der Waals surface area contributed by atoms with Crippen molar-refractivity contribution in [2.24, 2.45) is 0 Å². The van der Waals surface area contributed by atoms with Gasteiger partial charge in [-0.1, -0.05) is 12.8 Å². The van der Waals surface area contributed by atoms with Crippen LogP contribution in [0.25, 0.3) is 0 Å². The van der Waals surface area contributed by atoms with E-state index in [0.29, 0.717) is 6.04 Å². The Balaban J connectivity index is 1.97. The Morgan fingerprint density at radius 3 is 2.53 bits per heavy atom. The molecule has 0 radical (unpaired) electrons. The van der Waals surface area contributed by atoms with E-state index in [0.717, 1.165) is 12.8 Å². The van der Waals surface area contributed by atoms with E-state index >= 15 is 0 Å². The quantitative estimate of drug-likeness (QED) is 0.724. The zero-order valence-corrected chi connectivity index (χ0v) is 10.3. The fraction of sp³-hybridized carbons (Fsp3) is 0.900. The summed E-state index contributed by atoms with van der Waals surface area (Å²) in [7, 11) is 0. The third-order valence-corrected chi connectivity index (χ3v) is 3.33. The molecule has 1 rings (SSSR count). The number of alkyl halides is 3. The van der Waals surface area contributed by atoms with E-state index in [2.05, 4.69) is 10.6 Å². The lowest BCUT2D eigenvalue weighted by atomic mass is 10.2. The highest BCUT2D eigenvalue weighted by atomic mass is 32.2. The average molecular weight is 270 g/mol. The monoisotopic (exact) mass is 270 g/mol. The molecule has 0 spiro atoms. The Kier molecular flexibility index (Phi) is 6.11. The van der Waals surface area contributed by atoms with Crippen LogP contribution >= 0.6 is 11.8 Å². The predicted molar refractivity (Wildman–Crippen MR) is 61.8 cm³/mol. The van der Waals surface area contributed by atoms with Crippen molar-refractivity contribution >= 4 is 17.7 Å². The first-order valence-corrected chi connectivity index (χ1v) is 6.67. The Morgan fingerprint density at radius 2 is 1.94 bits per heavy atom. The summed E-state index contributed by atoms with van der Waals surface area (Å²) in [6.45, 7) is 0.247. The summed E-state index contributed by atoms with van der Waals surface area (Å²) in [5.74, 6) is -0.377. The molecule has 3 nitrogen and oxygen atoms in total. The molecule has 0 aliphatic heterocycles. The smallest absolute Gasteiger partial charge is 0.354 e. The minimum atomic E-state index is -4.22. The van der Waals surface area contributed by atoms with Crippen molar-refractivity contribution in [3.05, 3.63) is 0 Å². The number of nitrogens with one attached hydrogen (secondary N) is 2. The molecule has 1 amide bonds. The minimum Gasteiger partial charge on any atom is -0.354 e. The van der Waals surface area contributed by atoms with E-state index in [-0.39, 0.29) is 36.5 Å². The van der Waals surface area contributed by atoms with E-state index < -0.39 is 5.51 Å². The van der Waals surface area contributed by atoms with Gasteiger partial charge in [0.25, 0.3) is 0 Å². The Bertz CT molecular complexity index is 242. The van der Waals surface area contributed by atoms with Gasteiger partial charge < -0.3 is 10.6 Å². The maximum Gasteiger partial charge on any atom is 0.441 e. The van der Waals surface area contributed by atoms with Crippen molar-refractivity contribution in [1.29, 1.82) is 0 Å². The molecule has 0 bridgehead atoms. The third kappa shape index (κ3) is 7.49. The lowest BCUT2D eigenvalue weighted by Crippen LogP contribution is -2.38. The SMILES string of the molecule is O=C(CNC1CCCC1)NCCSC(F)(F)F. The maximum atomic E-state index is 11.8. The van der Waals surface area contributed by atoms with Gasteiger partial charge in [0.15, 0.2) is 0 Å². The van der Waals surface area contributed by atoms with E-state index in [9.17, 15) is 18.0 Å². The summed E-state index contributed by atoms with van der Waals surface area (Å²) in [4.78, 5) is 11.3. The number of hydrogen-bond acceptors (Lipinski definition) is 3. The van der Waals surface area contributed by atoms with Gasteiger partial charge in [-0.15, -0.1) is 0 Å². The summed E-state index contributed by atoms with van der Waals surface area (Å²) >= 11 is -0.116. The van der Waals surface area contributed by atoms with E-state index in [1.807, 2.05) is 0 Å². The van der Waals surface area contributed by atoms with Gasteiger partial charge in [0.2, 0.25) is 5.91 Å². The molecule has 1 saturated carbocycles. The molecule has 1 aliphatic carbocycles. The summed E-state index contributed by atoms with van der Waals surface area (Å²) in [6.07, 6.45) is 4.53. The zero-order valence-electron chi connectivity index (χ0n) is 9.48. The lowest BCUT2D eigenvalue weighted by molar-refractivity contribution is -0.120. The van der Waals surface area contributed by atoms with Crippen LogP contribution in [0.3, 0.4) is 0 Å². The highest BCUT2D eigenvalue weighted by Gasteiger charge is 2.27. The van der Waals surface area contributed by atoms with Gasteiger partial charge in [-0.2, -0.15) is 13.2 Å². The van der Waals surface area contributed by atoms with Gasteiger partial charge in [-0.25, -0.2) is 0 Å². The Morgan fingerprint density at radius 1 is 1.29 bits per heavy atom. The lowest BCUT2D eigenvalue weighted by Gasteiger charge is -2.11. The summed E-state index contributed by atoms with van der Waals surface area (Å²) in [5, 5.41) is 5.55. The van der Waals surface area contributed by atoms with Gasteiger partial charge in [0.1, 0.15) is 0 Å². The molecule has 0 aromatic rings. The van der Waals surface area contributed by atoms with Crippen molar-refractivity contribution in [3.8, 4) is 0 Å². The van der Waals surface area contributed by atoms with Crippen LogP contribution < -0.4 is 10.6 Å². The van der Waals surface area contributed by atoms with Crippen LogP contribution in [0.5, 0.6) is 0 Å². The fourth-order valence-corrected chi connectivity index (χ4v) is 2.22. The van der Waals surface area contributed by atoms with Crippen molar-refractivity contribution < 1.29 is 18.0 Å². The molecule has 0 atom stereocenters. The van der Waals surface area contributed by atoms with Crippen LogP contribution in [-0.2, 0) is 4.79 Å². The first kappa shape index (κ1) is 14.6. The van der Waals surface area contributed by atoms with Crippen LogP contribution in [-0.4, -0.2) is 36.3 Å². The van der Waals surface area contributed by atoms with Gasteiger partial charge in [0.05, 0.1) is 6.54 Å². The second-order valence-corrected chi connectivity index (χ2v) is 5.17. The average Bonchev–Trinajstić information content (AvgIpc) is 2.73. The topological polar surface area (TPSA) is 41.1 Å². The second kappa shape index (κ2) is 7.10. The molecule has 0 aromatic heterocycles. The fourth-order valence-electron chi connectivity index (χ4n) is 1.79. The Labute approximate surface area is 103 Å². The van der Waals surface area contributed by atoms with Crippen molar-refractivity contribution in [2.75, 3.05) is 18.8 Å². The number of halogens is 3. The van der Waals surface area contributed by atoms with Gasteiger partial charge in [-0.3, -0.25) is 4.79 Å². The molecule has 7 heteroatoms. The molecule has 0 aromatic carbocycles. The normalized spacial score (nSPS) is 17.4. The van der Waals surface area contributed by atoms with Crippen molar-refractivity contribution in [1.82, 2.24) is 10.6 Å². The number of carbonyl (C=O) groups is 1. The zero-order chi connectivity index (χ0) is 12.7. The largest absolute Gasteiger partial charge is 0.441 e. The molecule has 100 valence electrons. The number of thioether (sulfide) groups is 1. The summed E-state index contributed by atoms with van der Waals surface area (Å²) in [5.41, 5.74) is -4.22. The Hall–Kier alpha value is -0.430. The maximum absolute atomic E-state index is 11.8. The molecular weight excluding hydrogens is 253 g/mol. The number of hydrogen-bond donors (Lipinski definition) is 2. The molecule has 0 heterocycles. The first-order chi connectivity index (χ1) is 7.97. The van der Waals surface area contributed by atoms with E-state index in [1.54, 1.807) is 0 Å². The van der Waals surface area contributed by atoms with Gasteiger partial charge in [-0.05, 0) is 24.6 Å². The highest BCUT2D eigenvalue weighted by molar-refractivity contribution is 8.00. The molecular formula is C10H17F3N2OS. The third-order valence-electron chi connectivity index (χ3n) is 2.60. The molecule has 1 fully saturated rings. The van der Waals surface area contributed by atoms with E-state index in [4.69, 9.17) is 0 Å². The molecule has 1 aliphatic rings. The van der Waals surface area contributed by atoms with Crippen LogP contribution in [0, 0.1) is 0 Å². The molecule has 2 N–H and O–H groups in total. The van der Waals surface area contributed by atoms with Crippen molar-refractivity contribution in [3.63, 3.8) is 0 Å². The molecule has 0 saturated heterocycles. The number of rotatable bonds is 6. The highest BCUT2D eigenvalue weighted by Crippen LogP contribution is 2.29. The van der Waals surface area contributed by atoms with Gasteiger partial charge in [0, 0.05) is 18.3 Å². The summed E-state index contributed by atoms with van der Waals surface area (Å²) in [6, 6.07) is 0.394. The van der Waals surface area contributed by atoms with Crippen LogP contribution in [0.15, 0.2) is 0 Å². The standard InChI is InChI=1S/C10H17F3N2OS/c11-10(12,13)17-6-5-14-9(16)7-15-8-3-1-2-4-8/h8,15H,1-7H2,(H,14,16). The summed E-state index contributed by atoms with van der Waals surface area (Å²) < 4.78 is 35.3. The number of amides is 1. The van der Waals surface area contributed by atoms with Crippen LogP contribution in [0.1, 0.15) is 25.7 Å². The van der Waals surface area contributed by atoms with Crippen molar-refractivity contribution in [2.45, 2.75) is 37.2 Å². The second-order valence-electron chi connectivity index (χ2n) is 4.01. The molecule has 17 heavy (non-hydrogen) atoms. The van der Waals surface area contributed by atoms with E-state index in [1.165, 1.54) is 12.8 Å².